The molecule has 0 bridgehead atoms. The molecule has 3 heteroatoms. The molecule has 1 heterocycles. The number of aromatic nitrogens is 1. The molecule has 0 radical (unpaired) electrons. The number of pyridine rings is 1. The molecule has 0 aliphatic rings. The van der Waals surface area contributed by atoms with E-state index in [9.17, 15) is 4.79 Å². The van der Waals surface area contributed by atoms with Crippen molar-refractivity contribution < 1.29 is 5.11 Å². The molecule has 3 nitrogen and oxygen atoms in total. The fraction of sp³-hybridized carbons (Fsp3) is 0.267. The smallest absolute Gasteiger partial charge is 0.251 e. The van der Waals surface area contributed by atoms with Gasteiger partial charge < -0.3 is 9.67 Å². The zero-order valence-corrected chi connectivity index (χ0v) is 10.7. The van der Waals surface area contributed by atoms with Crippen molar-refractivity contribution in [2.24, 2.45) is 0 Å². The number of aliphatic hydroxyl groups is 1. The van der Waals surface area contributed by atoms with Crippen LogP contribution in [-0.4, -0.2) is 9.67 Å². The lowest BCUT2D eigenvalue weighted by molar-refractivity contribution is 0.281. The van der Waals surface area contributed by atoms with E-state index in [1.54, 1.807) is 4.57 Å². The second-order valence-corrected chi connectivity index (χ2v) is 4.57. The molecule has 2 rings (SSSR count). The van der Waals surface area contributed by atoms with Crippen molar-refractivity contribution in [2.45, 2.75) is 27.0 Å². The summed E-state index contributed by atoms with van der Waals surface area (Å²) >= 11 is 0. The molecule has 2 aromatic rings. The van der Waals surface area contributed by atoms with Crippen LogP contribution in [0, 0.1) is 13.8 Å². The zero-order valence-electron chi connectivity index (χ0n) is 10.7. The van der Waals surface area contributed by atoms with Crippen molar-refractivity contribution in [3.05, 3.63) is 69.1 Å². The minimum absolute atomic E-state index is 0.0698. The summed E-state index contributed by atoms with van der Waals surface area (Å²) in [6.45, 7) is 4.39. The number of aryl methyl sites for hydroxylation is 2. The van der Waals surface area contributed by atoms with Gasteiger partial charge >= 0.3 is 0 Å². The van der Waals surface area contributed by atoms with Crippen LogP contribution in [0.5, 0.6) is 0 Å². The number of benzene rings is 1. The first kappa shape index (κ1) is 12.6. The van der Waals surface area contributed by atoms with Gasteiger partial charge in [0.1, 0.15) is 0 Å². The molecule has 0 saturated heterocycles. The van der Waals surface area contributed by atoms with Crippen LogP contribution in [-0.2, 0) is 13.2 Å². The molecule has 0 spiro atoms. The van der Waals surface area contributed by atoms with Gasteiger partial charge in [0.15, 0.2) is 0 Å². The molecule has 0 amide bonds. The maximum Gasteiger partial charge on any atom is 0.251 e. The summed E-state index contributed by atoms with van der Waals surface area (Å²) in [6, 6.07) is 11.5. The van der Waals surface area contributed by atoms with E-state index in [1.165, 1.54) is 11.6 Å². The highest BCUT2D eigenvalue weighted by Gasteiger charge is 2.04. The molecule has 0 aliphatic heterocycles. The largest absolute Gasteiger partial charge is 0.392 e. The monoisotopic (exact) mass is 243 g/mol. The summed E-state index contributed by atoms with van der Waals surface area (Å²) < 4.78 is 1.71. The average molecular weight is 243 g/mol. The third-order valence-electron chi connectivity index (χ3n) is 3.04. The van der Waals surface area contributed by atoms with Gasteiger partial charge in [-0.25, -0.2) is 0 Å². The van der Waals surface area contributed by atoms with Crippen LogP contribution < -0.4 is 5.56 Å². The maximum atomic E-state index is 11.9. The predicted octanol–water partition coefficient (Wildman–Crippen LogP) is 2.01. The van der Waals surface area contributed by atoms with Gasteiger partial charge in [0, 0.05) is 11.8 Å². The maximum absolute atomic E-state index is 11.9. The van der Waals surface area contributed by atoms with E-state index in [0.717, 1.165) is 11.3 Å². The van der Waals surface area contributed by atoms with Crippen LogP contribution in [0.2, 0.25) is 0 Å². The number of hydrogen-bond acceptors (Lipinski definition) is 2. The summed E-state index contributed by atoms with van der Waals surface area (Å²) in [6.07, 6.45) is 0. The lowest BCUT2D eigenvalue weighted by Gasteiger charge is -2.11. The first-order valence-electron chi connectivity index (χ1n) is 5.97. The van der Waals surface area contributed by atoms with Crippen molar-refractivity contribution >= 4 is 0 Å². The molecule has 94 valence electrons. The Balaban J connectivity index is 2.35. The van der Waals surface area contributed by atoms with Gasteiger partial charge in [0.25, 0.3) is 5.56 Å². The van der Waals surface area contributed by atoms with Crippen LogP contribution in [0.3, 0.4) is 0 Å². The van der Waals surface area contributed by atoms with Crippen molar-refractivity contribution in [1.29, 1.82) is 0 Å². The van der Waals surface area contributed by atoms with Crippen LogP contribution in [0.15, 0.2) is 41.2 Å². The van der Waals surface area contributed by atoms with Crippen molar-refractivity contribution in [2.75, 3.05) is 0 Å². The molecule has 0 saturated carbocycles. The lowest BCUT2D eigenvalue weighted by Crippen LogP contribution is -2.22. The Labute approximate surface area is 106 Å². The third kappa shape index (κ3) is 2.68. The van der Waals surface area contributed by atoms with E-state index < -0.39 is 0 Å². The molecule has 0 unspecified atom stereocenters. The minimum Gasteiger partial charge on any atom is -0.392 e. The van der Waals surface area contributed by atoms with Gasteiger partial charge in [0.2, 0.25) is 0 Å². The Morgan fingerprint density at radius 2 is 1.72 bits per heavy atom. The molecule has 1 N–H and O–H groups in total. The second-order valence-electron chi connectivity index (χ2n) is 4.57. The van der Waals surface area contributed by atoms with Crippen molar-refractivity contribution in [3.63, 3.8) is 0 Å². The van der Waals surface area contributed by atoms with E-state index in [0.29, 0.717) is 12.1 Å². The first-order chi connectivity index (χ1) is 8.60. The number of aliphatic hydroxyl groups excluding tert-OH is 1. The quantitative estimate of drug-likeness (QED) is 0.896. The molecule has 0 atom stereocenters. The van der Waals surface area contributed by atoms with E-state index in [-0.39, 0.29) is 12.2 Å². The lowest BCUT2D eigenvalue weighted by atomic mass is 10.1. The predicted molar refractivity (Wildman–Crippen MR) is 71.6 cm³/mol. The van der Waals surface area contributed by atoms with Gasteiger partial charge in [-0.05, 0) is 31.0 Å². The second kappa shape index (κ2) is 5.19. The van der Waals surface area contributed by atoms with E-state index in [4.69, 9.17) is 5.11 Å². The van der Waals surface area contributed by atoms with E-state index >= 15 is 0 Å². The Morgan fingerprint density at radius 1 is 1.06 bits per heavy atom. The number of hydrogen-bond donors (Lipinski definition) is 1. The molecule has 1 aromatic carbocycles. The fourth-order valence-corrected chi connectivity index (χ4v) is 1.97. The van der Waals surface area contributed by atoms with E-state index in [1.807, 2.05) is 44.2 Å². The highest BCUT2D eigenvalue weighted by atomic mass is 16.3. The molecular formula is C15H17NO2. The Hall–Kier alpha value is -1.87. The van der Waals surface area contributed by atoms with Crippen molar-refractivity contribution in [1.82, 2.24) is 4.57 Å². The van der Waals surface area contributed by atoms with Gasteiger partial charge in [0.05, 0.1) is 13.2 Å². The SMILES string of the molecule is Cc1ccc(Cn2c(C)cc(CO)cc2=O)cc1. The van der Waals surface area contributed by atoms with Gasteiger partial charge in [-0.15, -0.1) is 0 Å². The van der Waals surface area contributed by atoms with Crippen LogP contribution in [0.1, 0.15) is 22.4 Å². The Kier molecular flexibility index (Phi) is 3.63. The Morgan fingerprint density at radius 3 is 2.28 bits per heavy atom. The van der Waals surface area contributed by atoms with Crippen LogP contribution in [0.4, 0.5) is 0 Å². The fourth-order valence-electron chi connectivity index (χ4n) is 1.97. The van der Waals surface area contributed by atoms with Gasteiger partial charge in [-0.3, -0.25) is 4.79 Å². The molecular weight excluding hydrogens is 226 g/mol. The minimum atomic E-state index is -0.0958. The Bertz CT molecular complexity index is 597. The first-order valence-corrected chi connectivity index (χ1v) is 5.97. The normalized spacial score (nSPS) is 10.6. The number of nitrogens with zero attached hydrogens (tertiary/aromatic N) is 1. The molecule has 0 aliphatic carbocycles. The third-order valence-corrected chi connectivity index (χ3v) is 3.04. The van der Waals surface area contributed by atoms with Gasteiger partial charge in [-0.1, -0.05) is 29.8 Å². The van der Waals surface area contributed by atoms with Crippen molar-refractivity contribution in [3.8, 4) is 0 Å². The molecule has 1 aromatic heterocycles. The van der Waals surface area contributed by atoms with E-state index in [2.05, 4.69) is 0 Å². The molecule has 0 fully saturated rings. The summed E-state index contributed by atoms with van der Waals surface area (Å²) in [5, 5.41) is 9.05. The summed E-state index contributed by atoms with van der Waals surface area (Å²) in [7, 11) is 0. The summed E-state index contributed by atoms with van der Waals surface area (Å²) in [5.74, 6) is 0. The highest BCUT2D eigenvalue weighted by molar-refractivity contribution is 5.23. The highest BCUT2D eigenvalue weighted by Crippen LogP contribution is 2.07. The number of rotatable bonds is 3. The van der Waals surface area contributed by atoms with Crippen LogP contribution in [0.25, 0.3) is 0 Å². The standard InChI is InChI=1S/C15H17NO2/c1-11-3-5-13(6-4-11)9-16-12(2)7-14(10-17)8-15(16)18/h3-8,17H,9-10H2,1-2H3. The van der Waals surface area contributed by atoms with Crippen LogP contribution >= 0.6 is 0 Å². The molecule has 18 heavy (non-hydrogen) atoms. The summed E-state index contributed by atoms with van der Waals surface area (Å²) in [4.78, 5) is 11.9. The average Bonchev–Trinajstić information content (AvgIpc) is 2.35. The van der Waals surface area contributed by atoms with Gasteiger partial charge in [-0.2, -0.15) is 0 Å². The summed E-state index contributed by atoms with van der Waals surface area (Å²) in [5.41, 5.74) is 3.77. The zero-order chi connectivity index (χ0) is 13.1. The topological polar surface area (TPSA) is 42.2 Å².